The molecule has 0 amide bonds. The van der Waals surface area contributed by atoms with E-state index >= 15 is 0 Å². The fraction of sp³-hybridized carbons (Fsp3) is 1.00. The summed E-state index contributed by atoms with van der Waals surface area (Å²) in [4.78, 5) is 0. The second-order valence-corrected chi connectivity index (χ2v) is 4.14. The molecule has 1 heterocycles. The third-order valence-electron chi connectivity index (χ3n) is 3.06. The standard InChI is InChI=1S/C9H17F3N2O/c1-7-4-13-3-2-8(7,6-15)14-5-9(10,11)12/h7,13-15H,2-6H2,1H3. The van der Waals surface area contributed by atoms with Crippen molar-refractivity contribution >= 4 is 0 Å². The number of hydrogen-bond acceptors (Lipinski definition) is 3. The zero-order chi connectivity index (χ0) is 11.5. The van der Waals surface area contributed by atoms with Crippen molar-refractivity contribution in [3.05, 3.63) is 0 Å². The summed E-state index contributed by atoms with van der Waals surface area (Å²) in [7, 11) is 0. The number of halogens is 3. The quantitative estimate of drug-likeness (QED) is 0.656. The number of aliphatic hydroxyl groups excluding tert-OH is 1. The fourth-order valence-electron chi connectivity index (χ4n) is 1.90. The Hall–Kier alpha value is -0.330. The van der Waals surface area contributed by atoms with Gasteiger partial charge in [-0.15, -0.1) is 0 Å². The minimum Gasteiger partial charge on any atom is -0.394 e. The third kappa shape index (κ3) is 3.32. The minimum absolute atomic E-state index is 0.0152. The van der Waals surface area contributed by atoms with E-state index in [0.717, 1.165) is 0 Å². The van der Waals surface area contributed by atoms with Gasteiger partial charge in [-0.25, -0.2) is 0 Å². The number of rotatable bonds is 3. The smallest absolute Gasteiger partial charge is 0.394 e. The van der Waals surface area contributed by atoms with E-state index in [1.807, 2.05) is 6.92 Å². The molecule has 0 aromatic rings. The Kier molecular flexibility index (Phi) is 3.97. The monoisotopic (exact) mass is 226 g/mol. The summed E-state index contributed by atoms with van der Waals surface area (Å²) < 4.78 is 36.3. The average Bonchev–Trinajstić information content (AvgIpc) is 2.16. The number of piperidine rings is 1. The van der Waals surface area contributed by atoms with Gasteiger partial charge in [-0.2, -0.15) is 13.2 Å². The molecular weight excluding hydrogens is 209 g/mol. The van der Waals surface area contributed by atoms with Gasteiger partial charge in [0.15, 0.2) is 0 Å². The predicted octanol–water partition coefficient (Wildman–Crippen LogP) is 0.499. The molecule has 0 radical (unpaired) electrons. The van der Waals surface area contributed by atoms with Crippen molar-refractivity contribution in [2.24, 2.45) is 5.92 Å². The van der Waals surface area contributed by atoms with Crippen LogP contribution in [0.4, 0.5) is 13.2 Å². The normalized spacial score (nSPS) is 33.0. The van der Waals surface area contributed by atoms with Gasteiger partial charge in [0, 0.05) is 5.54 Å². The molecule has 2 unspecified atom stereocenters. The first-order valence-electron chi connectivity index (χ1n) is 5.03. The molecule has 6 heteroatoms. The molecule has 0 aromatic carbocycles. The van der Waals surface area contributed by atoms with E-state index in [0.29, 0.717) is 19.5 Å². The molecule has 1 fully saturated rings. The Labute approximate surface area is 87.0 Å². The van der Waals surface area contributed by atoms with Crippen molar-refractivity contribution in [2.45, 2.75) is 25.1 Å². The van der Waals surface area contributed by atoms with Gasteiger partial charge in [0.1, 0.15) is 0 Å². The zero-order valence-electron chi connectivity index (χ0n) is 8.69. The van der Waals surface area contributed by atoms with Crippen LogP contribution in [0.3, 0.4) is 0 Å². The van der Waals surface area contributed by atoms with E-state index in [1.165, 1.54) is 0 Å². The Bertz CT molecular complexity index is 210. The van der Waals surface area contributed by atoms with Crippen molar-refractivity contribution in [3.8, 4) is 0 Å². The fourth-order valence-corrected chi connectivity index (χ4v) is 1.90. The highest BCUT2D eigenvalue weighted by molar-refractivity contribution is 4.97. The van der Waals surface area contributed by atoms with Crippen LogP contribution >= 0.6 is 0 Å². The first-order chi connectivity index (χ1) is 6.90. The summed E-state index contributed by atoms with van der Waals surface area (Å²) in [6.45, 7) is 1.80. The first-order valence-corrected chi connectivity index (χ1v) is 5.03. The Morgan fingerprint density at radius 2 is 2.20 bits per heavy atom. The molecule has 2 atom stereocenters. The van der Waals surface area contributed by atoms with Crippen LogP contribution in [0.5, 0.6) is 0 Å². The highest BCUT2D eigenvalue weighted by Crippen LogP contribution is 2.25. The Morgan fingerprint density at radius 1 is 1.53 bits per heavy atom. The lowest BCUT2D eigenvalue weighted by Gasteiger charge is -2.42. The van der Waals surface area contributed by atoms with E-state index in [-0.39, 0.29) is 12.5 Å². The van der Waals surface area contributed by atoms with Crippen molar-refractivity contribution in [1.82, 2.24) is 10.6 Å². The van der Waals surface area contributed by atoms with Crippen molar-refractivity contribution in [2.75, 3.05) is 26.2 Å². The van der Waals surface area contributed by atoms with E-state index in [4.69, 9.17) is 0 Å². The lowest BCUT2D eigenvalue weighted by Crippen LogP contribution is -2.61. The van der Waals surface area contributed by atoms with Crippen LogP contribution in [0.1, 0.15) is 13.3 Å². The maximum atomic E-state index is 12.1. The second-order valence-electron chi connectivity index (χ2n) is 4.14. The molecular formula is C9H17F3N2O. The maximum Gasteiger partial charge on any atom is 0.401 e. The van der Waals surface area contributed by atoms with Crippen molar-refractivity contribution in [1.29, 1.82) is 0 Å². The van der Waals surface area contributed by atoms with Crippen LogP contribution in [0, 0.1) is 5.92 Å². The van der Waals surface area contributed by atoms with Crippen LogP contribution in [-0.2, 0) is 0 Å². The van der Waals surface area contributed by atoms with Gasteiger partial charge in [0.2, 0.25) is 0 Å². The molecule has 1 rings (SSSR count). The van der Waals surface area contributed by atoms with Crippen LogP contribution in [-0.4, -0.2) is 43.1 Å². The van der Waals surface area contributed by atoms with Gasteiger partial charge in [-0.3, -0.25) is 0 Å². The molecule has 15 heavy (non-hydrogen) atoms. The summed E-state index contributed by atoms with van der Waals surface area (Å²) in [5.74, 6) is -0.0152. The van der Waals surface area contributed by atoms with Gasteiger partial charge in [0.25, 0.3) is 0 Å². The first kappa shape index (κ1) is 12.7. The lowest BCUT2D eigenvalue weighted by molar-refractivity contribution is -0.132. The minimum atomic E-state index is -4.23. The van der Waals surface area contributed by atoms with Gasteiger partial charge in [-0.05, 0) is 25.4 Å². The van der Waals surface area contributed by atoms with Crippen LogP contribution in [0.15, 0.2) is 0 Å². The van der Waals surface area contributed by atoms with Crippen LogP contribution < -0.4 is 10.6 Å². The average molecular weight is 226 g/mol. The van der Waals surface area contributed by atoms with Gasteiger partial charge in [0.05, 0.1) is 13.2 Å². The molecule has 90 valence electrons. The van der Waals surface area contributed by atoms with E-state index < -0.39 is 18.3 Å². The topological polar surface area (TPSA) is 44.3 Å². The maximum absolute atomic E-state index is 12.1. The molecule has 0 spiro atoms. The molecule has 3 N–H and O–H groups in total. The third-order valence-corrected chi connectivity index (χ3v) is 3.06. The summed E-state index contributed by atoms with van der Waals surface area (Å²) in [5, 5.41) is 14.8. The number of hydrogen-bond donors (Lipinski definition) is 3. The van der Waals surface area contributed by atoms with Gasteiger partial charge in [-0.1, -0.05) is 6.92 Å². The number of aliphatic hydroxyl groups is 1. The largest absolute Gasteiger partial charge is 0.401 e. The Balaban J connectivity index is 2.59. The van der Waals surface area contributed by atoms with Crippen LogP contribution in [0.25, 0.3) is 0 Å². The second kappa shape index (κ2) is 4.67. The highest BCUT2D eigenvalue weighted by atomic mass is 19.4. The predicted molar refractivity (Wildman–Crippen MR) is 50.5 cm³/mol. The SMILES string of the molecule is CC1CNCCC1(CO)NCC(F)(F)F. The molecule has 0 saturated carbocycles. The molecule has 3 nitrogen and oxygen atoms in total. The summed E-state index contributed by atoms with van der Waals surface area (Å²) >= 11 is 0. The Morgan fingerprint density at radius 3 is 2.67 bits per heavy atom. The van der Waals surface area contributed by atoms with E-state index in [1.54, 1.807) is 0 Å². The van der Waals surface area contributed by atoms with Gasteiger partial charge < -0.3 is 15.7 Å². The lowest BCUT2D eigenvalue weighted by atomic mass is 9.80. The van der Waals surface area contributed by atoms with Crippen molar-refractivity contribution < 1.29 is 18.3 Å². The van der Waals surface area contributed by atoms with Gasteiger partial charge >= 0.3 is 6.18 Å². The summed E-state index contributed by atoms with van der Waals surface area (Å²) in [6.07, 6.45) is -3.71. The van der Waals surface area contributed by atoms with Crippen molar-refractivity contribution in [3.63, 3.8) is 0 Å². The number of alkyl halides is 3. The molecule has 0 aromatic heterocycles. The zero-order valence-corrected chi connectivity index (χ0v) is 8.69. The highest BCUT2D eigenvalue weighted by Gasteiger charge is 2.40. The number of nitrogens with one attached hydrogen (secondary N) is 2. The van der Waals surface area contributed by atoms with Crippen LogP contribution in [0.2, 0.25) is 0 Å². The van der Waals surface area contributed by atoms with E-state index in [2.05, 4.69) is 10.6 Å². The molecule has 1 aliphatic heterocycles. The molecule has 1 aliphatic rings. The summed E-state index contributed by atoms with van der Waals surface area (Å²) in [6, 6.07) is 0. The van der Waals surface area contributed by atoms with E-state index in [9.17, 15) is 18.3 Å². The summed E-state index contributed by atoms with van der Waals surface area (Å²) in [5.41, 5.74) is -0.791. The molecule has 0 aliphatic carbocycles. The molecule has 1 saturated heterocycles. The molecule has 0 bridgehead atoms.